The number of amides is 2. The summed E-state index contributed by atoms with van der Waals surface area (Å²) in [6, 6.07) is 22.6. The van der Waals surface area contributed by atoms with Gasteiger partial charge in [0.05, 0.1) is 11.8 Å². The molecule has 0 aliphatic rings. The fourth-order valence-electron chi connectivity index (χ4n) is 2.74. The Bertz CT molecular complexity index is 1210. The van der Waals surface area contributed by atoms with Gasteiger partial charge in [0, 0.05) is 0 Å². The number of urea groups is 1. The first-order valence-corrected chi connectivity index (χ1v) is 9.66. The van der Waals surface area contributed by atoms with Gasteiger partial charge in [0.15, 0.2) is 0 Å². The van der Waals surface area contributed by atoms with Crippen molar-refractivity contribution in [3.8, 4) is 23.0 Å². The standard InChI is InChI=1S/C23H19N5O4/c29-18-12-10-16(11-13-18)14-24-27-22(30)25-23-28-26-21(32-23)19-8-4-5-9-20(19)31-15-17-6-2-1-3-7-17/h1-14,29H,15H2,(H2,25,27,28,30)/b24-14+. The van der Waals surface area contributed by atoms with Crippen molar-refractivity contribution in [2.24, 2.45) is 5.10 Å². The predicted octanol–water partition coefficient (Wildman–Crippen LogP) is 4.18. The third-order valence-corrected chi connectivity index (χ3v) is 4.27. The van der Waals surface area contributed by atoms with Gasteiger partial charge in [-0.05, 0) is 47.5 Å². The fraction of sp³-hybridized carbons (Fsp3) is 0.0435. The number of aromatic nitrogens is 2. The number of para-hydroxylation sites is 1. The van der Waals surface area contributed by atoms with Gasteiger partial charge in [-0.2, -0.15) is 5.10 Å². The second-order valence-electron chi connectivity index (χ2n) is 6.60. The van der Waals surface area contributed by atoms with Gasteiger partial charge in [-0.15, -0.1) is 5.10 Å². The highest BCUT2D eigenvalue weighted by Gasteiger charge is 2.15. The molecule has 0 aliphatic carbocycles. The summed E-state index contributed by atoms with van der Waals surface area (Å²) in [5, 5.41) is 23.3. The molecule has 0 radical (unpaired) electrons. The van der Waals surface area contributed by atoms with E-state index in [1.54, 1.807) is 24.3 Å². The molecule has 2 amide bonds. The van der Waals surface area contributed by atoms with Gasteiger partial charge in [0.1, 0.15) is 18.1 Å². The summed E-state index contributed by atoms with van der Waals surface area (Å²) in [4.78, 5) is 12.0. The number of phenolic OH excluding ortho intramolecular Hbond substituents is 1. The van der Waals surface area contributed by atoms with Crippen LogP contribution in [0.4, 0.5) is 10.8 Å². The summed E-state index contributed by atoms with van der Waals surface area (Å²) in [6.45, 7) is 0.387. The maximum absolute atomic E-state index is 12.0. The number of phenols is 1. The third-order valence-electron chi connectivity index (χ3n) is 4.27. The van der Waals surface area contributed by atoms with E-state index < -0.39 is 6.03 Å². The number of hydrogen-bond donors (Lipinski definition) is 3. The molecular weight excluding hydrogens is 410 g/mol. The number of rotatable bonds is 7. The zero-order valence-electron chi connectivity index (χ0n) is 16.8. The average molecular weight is 429 g/mol. The molecule has 3 aromatic carbocycles. The molecule has 0 saturated carbocycles. The van der Waals surface area contributed by atoms with Crippen molar-refractivity contribution < 1.29 is 19.1 Å². The van der Waals surface area contributed by atoms with Crippen LogP contribution in [-0.2, 0) is 6.61 Å². The number of ether oxygens (including phenoxy) is 1. The van der Waals surface area contributed by atoms with Crippen LogP contribution in [0, 0.1) is 0 Å². The predicted molar refractivity (Wildman–Crippen MR) is 118 cm³/mol. The van der Waals surface area contributed by atoms with Crippen molar-refractivity contribution >= 4 is 18.3 Å². The second kappa shape index (κ2) is 9.90. The average Bonchev–Trinajstić information content (AvgIpc) is 3.28. The number of hydrogen-bond acceptors (Lipinski definition) is 7. The Morgan fingerprint density at radius 2 is 1.75 bits per heavy atom. The van der Waals surface area contributed by atoms with Crippen molar-refractivity contribution in [2.45, 2.75) is 6.61 Å². The fourth-order valence-corrected chi connectivity index (χ4v) is 2.74. The van der Waals surface area contributed by atoms with Gasteiger partial charge in [-0.3, -0.25) is 5.32 Å². The zero-order valence-corrected chi connectivity index (χ0v) is 16.8. The largest absolute Gasteiger partial charge is 0.508 e. The molecular formula is C23H19N5O4. The maximum atomic E-state index is 12.0. The lowest BCUT2D eigenvalue weighted by atomic mass is 10.2. The van der Waals surface area contributed by atoms with E-state index in [4.69, 9.17) is 9.15 Å². The van der Waals surface area contributed by atoms with Crippen LogP contribution in [0.25, 0.3) is 11.5 Å². The van der Waals surface area contributed by atoms with Crippen LogP contribution < -0.4 is 15.5 Å². The molecule has 3 N–H and O–H groups in total. The molecule has 0 bridgehead atoms. The van der Waals surface area contributed by atoms with Gasteiger partial charge in [-0.25, -0.2) is 10.2 Å². The normalized spacial score (nSPS) is 10.8. The van der Waals surface area contributed by atoms with Crippen molar-refractivity contribution in [3.05, 3.63) is 90.0 Å². The molecule has 32 heavy (non-hydrogen) atoms. The minimum Gasteiger partial charge on any atom is -0.508 e. The first kappa shape index (κ1) is 20.6. The summed E-state index contributed by atoms with van der Waals surface area (Å²) in [5.41, 5.74) is 4.64. The lowest BCUT2D eigenvalue weighted by Crippen LogP contribution is -2.24. The number of nitrogens with zero attached hydrogens (tertiary/aromatic N) is 3. The van der Waals surface area contributed by atoms with Crippen LogP contribution in [-0.4, -0.2) is 27.5 Å². The Hall–Kier alpha value is -4.66. The number of aromatic hydroxyl groups is 1. The third kappa shape index (κ3) is 5.48. The van der Waals surface area contributed by atoms with Crippen LogP contribution >= 0.6 is 0 Å². The Morgan fingerprint density at radius 1 is 1.00 bits per heavy atom. The van der Waals surface area contributed by atoms with Gasteiger partial charge in [-0.1, -0.05) is 47.6 Å². The monoisotopic (exact) mass is 429 g/mol. The highest BCUT2D eigenvalue weighted by molar-refractivity contribution is 5.88. The number of hydrazone groups is 1. The second-order valence-corrected chi connectivity index (χ2v) is 6.60. The molecule has 0 saturated heterocycles. The van der Waals surface area contributed by atoms with Crippen LogP contribution in [0.5, 0.6) is 11.5 Å². The van der Waals surface area contributed by atoms with Crippen LogP contribution in [0.15, 0.2) is 88.4 Å². The van der Waals surface area contributed by atoms with Gasteiger partial charge in [0.2, 0.25) is 0 Å². The molecule has 9 nitrogen and oxygen atoms in total. The smallest absolute Gasteiger partial charge is 0.343 e. The Labute approximate surface area is 183 Å². The summed E-state index contributed by atoms with van der Waals surface area (Å²) in [5.74, 6) is 0.929. The van der Waals surface area contributed by atoms with Crippen LogP contribution in [0.1, 0.15) is 11.1 Å². The van der Waals surface area contributed by atoms with Gasteiger partial charge >= 0.3 is 12.0 Å². The van der Waals surface area contributed by atoms with E-state index in [1.165, 1.54) is 18.3 Å². The lowest BCUT2D eigenvalue weighted by Gasteiger charge is -2.09. The van der Waals surface area contributed by atoms with E-state index >= 15 is 0 Å². The maximum Gasteiger partial charge on any atom is 0.343 e. The van der Waals surface area contributed by atoms with Crippen LogP contribution in [0.3, 0.4) is 0 Å². The van der Waals surface area contributed by atoms with E-state index in [9.17, 15) is 9.90 Å². The SMILES string of the molecule is O=C(N/N=C/c1ccc(O)cc1)Nc1nnc(-c2ccccc2OCc2ccccc2)o1. The zero-order chi connectivity index (χ0) is 22.2. The van der Waals surface area contributed by atoms with E-state index in [0.717, 1.165) is 5.56 Å². The van der Waals surface area contributed by atoms with Crippen molar-refractivity contribution in [3.63, 3.8) is 0 Å². The Morgan fingerprint density at radius 3 is 2.56 bits per heavy atom. The summed E-state index contributed by atoms with van der Waals surface area (Å²) in [7, 11) is 0. The number of anilines is 1. The van der Waals surface area contributed by atoms with Crippen molar-refractivity contribution in [1.29, 1.82) is 0 Å². The minimum atomic E-state index is -0.649. The van der Waals surface area contributed by atoms with Crippen LogP contribution in [0.2, 0.25) is 0 Å². The number of benzene rings is 3. The van der Waals surface area contributed by atoms with Crippen molar-refractivity contribution in [2.75, 3.05) is 5.32 Å². The quantitative estimate of drug-likeness (QED) is 0.299. The Kier molecular flexibility index (Phi) is 6.37. The molecule has 0 spiro atoms. The van der Waals surface area contributed by atoms with Gasteiger partial charge < -0.3 is 14.3 Å². The summed E-state index contributed by atoms with van der Waals surface area (Å²) >= 11 is 0. The summed E-state index contributed by atoms with van der Waals surface area (Å²) < 4.78 is 11.5. The minimum absolute atomic E-state index is 0.0878. The molecule has 0 atom stereocenters. The summed E-state index contributed by atoms with van der Waals surface area (Å²) in [6.07, 6.45) is 1.43. The highest BCUT2D eigenvalue weighted by atomic mass is 16.5. The van der Waals surface area contributed by atoms with Gasteiger partial charge in [0.25, 0.3) is 5.89 Å². The molecule has 1 aromatic heterocycles. The molecule has 0 unspecified atom stereocenters. The molecule has 0 fully saturated rings. The number of carbonyl (C=O) groups excluding carboxylic acids is 1. The van der Waals surface area contributed by atoms with E-state index in [-0.39, 0.29) is 17.7 Å². The number of nitrogens with one attached hydrogen (secondary N) is 2. The lowest BCUT2D eigenvalue weighted by molar-refractivity contribution is 0.252. The van der Waals surface area contributed by atoms with E-state index in [2.05, 4.69) is 26.0 Å². The Balaban J connectivity index is 1.37. The van der Waals surface area contributed by atoms with Crippen molar-refractivity contribution in [1.82, 2.24) is 15.6 Å². The molecule has 1 heterocycles. The molecule has 9 heteroatoms. The molecule has 4 aromatic rings. The molecule has 160 valence electrons. The first-order chi connectivity index (χ1) is 15.7. The van der Waals surface area contributed by atoms with E-state index in [0.29, 0.717) is 23.5 Å². The first-order valence-electron chi connectivity index (χ1n) is 9.66. The highest BCUT2D eigenvalue weighted by Crippen LogP contribution is 2.30. The molecule has 4 rings (SSSR count). The molecule has 0 aliphatic heterocycles. The van der Waals surface area contributed by atoms with E-state index in [1.807, 2.05) is 42.5 Å². The number of carbonyl (C=O) groups is 1. The topological polar surface area (TPSA) is 122 Å².